The maximum atomic E-state index is 11.5. The van der Waals surface area contributed by atoms with Gasteiger partial charge < -0.3 is 14.6 Å². The summed E-state index contributed by atoms with van der Waals surface area (Å²) in [5.41, 5.74) is 4.70. The molecule has 0 spiro atoms. The van der Waals surface area contributed by atoms with Crippen LogP contribution in [0.5, 0.6) is 5.75 Å². The average molecular weight is 340 g/mol. The van der Waals surface area contributed by atoms with E-state index in [1.807, 2.05) is 18.2 Å². The predicted octanol–water partition coefficient (Wildman–Crippen LogP) is 3.69. The van der Waals surface area contributed by atoms with Crippen molar-refractivity contribution in [1.29, 1.82) is 0 Å². The summed E-state index contributed by atoms with van der Waals surface area (Å²) in [6.45, 7) is 7.67. The van der Waals surface area contributed by atoms with E-state index in [1.165, 1.54) is 5.56 Å². The van der Waals surface area contributed by atoms with Crippen LogP contribution in [0.25, 0.3) is 11.1 Å². The summed E-state index contributed by atoms with van der Waals surface area (Å²) in [6.07, 6.45) is 0.527. The van der Waals surface area contributed by atoms with Gasteiger partial charge in [-0.3, -0.25) is 0 Å². The first-order valence-electron chi connectivity index (χ1n) is 8.27. The van der Waals surface area contributed by atoms with E-state index in [4.69, 9.17) is 14.6 Å². The number of hydrogen-bond acceptors (Lipinski definition) is 4. The molecule has 0 radical (unpaired) electrons. The molecule has 0 atom stereocenters. The van der Waals surface area contributed by atoms with Crippen LogP contribution in [0.15, 0.2) is 54.6 Å². The zero-order valence-corrected chi connectivity index (χ0v) is 14.7. The second-order valence-electron chi connectivity index (χ2n) is 5.93. The molecule has 25 heavy (non-hydrogen) atoms. The van der Waals surface area contributed by atoms with Gasteiger partial charge in [-0.2, -0.15) is 0 Å². The Labute approximate surface area is 148 Å². The molecule has 0 aliphatic rings. The van der Waals surface area contributed by atoms with Gasteiger partial charge in [0.1, 0.15) is 12.4 Å². The summed E-state index contributed by atoms with van der Waals surface area (Å²) in [7, 11) is 0. The number of aliphatic hydroxyl groups is 1. The highest BCUT2D eigenvalue weighted by Crippen LogP contribution is 2.27. The van der Waals surface area contributed by atoms with Crippen LogP contribution in [0.2, 0.25) is 0 Å². The minimum Gasteiger partial charge on any atom is -0.491 e. The number of carbonyl (C=O) groups excluding carboxylic acids is 1. The number of rotatable bonds is 8. The molecule has 2 aromatic carbocycles. The summed E-state index contributed by atoms with van der Waals surface area (Å²) in [6, 6.07) is 14.2. The lowest BCUT2D eigenvalue weighted by atomic mass is 10.00. The van der Waals surface area contributed by atoms with Gasteiger partial charge in [-0.1, -0.05) is 42.5 Å². The number of aryl methyl sites for hydroxylation is 1. The summed E-state index contributed by atoms with van der Waals surface area (Å²) in [5.74, 6) is 0.295. The lowest BCUT2D eigenvalue weighted by Gasteiger charge is -2.13. The number of esters is 1. The van der Waals surface area contributed by atoms with Crippen molar-refractivity contribution in [3.8, 4) is 16.9 Å². The Morgan fingerprint density at radius 3 is 2.40 bits per heavy atom. The van der Waals surface area contributed by atoms with Crippen LogP contribution in [-0.2, 0) is 16.0 Å². The molecular weight excluding hydrogens is 316 g/mol. The third kappa shape index (κ3) is 5.47. The van der Waals surface area contributed by atoms with Gasteiger partial charge in [0.2, 0.25) is 0 Å². The number of benzene rings is 2. The van der Waals surface area contributed by atoms with Crippen molar-refractivity contribution >= 4 is 5.97 Å². The minimum absolute atomic E-state index is 0.0518. The van der Waals surface area contributed by atoms with Crippen LogP contribution in [0.4, 0.5) is 0 Å². The number of carbonyl (C=O) groups is 1. The van der Waals surface area contributed by atoms with Crippen LogP contribution in [-0.4, -0.2) is 30.9 Å². The molecule has 4 nitrogen and oxygen atoms in total. The maximum absolute atomic E-state index is 11.5. The highest BCUT2D eigenvalue weighted by atomic mass is 16.5. The van der Waals surface area contributed by atoms with Crippen molar-refractivity contribution in [2.45, 2.75) is 20.3 Å². The van der Waals surface area contributed by atoms with Gasteiger partial charge in [0, 0.05) is 12.0 Å². The molecule has 2 rings (SSSR count). The molecule has 132 valence electrons. The molecule has 1 N–H and O–H groups in total. The quantitative estimate of drug-likeness (QED) is 0.588. The van der Waals surface area contributed by atoms with E-state index in [-0.39, 0.29) is 19.8 Å². The van der Waals surface area contributed by atoms with Crippen LogP contribution >= 0.6 is 0 Å². The number of ether oxygens (including phenoxy) is 2. The van der Waals surface area contributed by atoms with E-state index in [0.29, 0.717) is 17.7 Å². The lowest BCUT2D eigenvalue weighted by molar-refractivity contribution is -0.138. The monoisotopic (exact) mass is 340 g/mol. The summed E-state index contributed by atoms with van der Waals surface area (Å²) < 4.78 is 10.8. The SMILES string of the molecule is C=C(C)C(=O)OCCc1cc(-c2ccc(C)cc2)ccc1OCCO. The molecule has 0 aromatic heterocycles. The molecule has 0 heterocycles. The molecular formula is C21H24O4. The molecule has 0 saturated heterocycles. The first-order chi connectivity index (χ1) is 12.0. The summed E-state index contributed by atoms with van der Waals surface area (Å²) >= 11 is 0. The molecule has 0 unspecified atom stereocenters. The highest BCUT2D eigenvalue weighted by molar-refractivity contribution is 5.86. The third-order valence-electron chi connectivity index (χ3n) is 3.75. The van der Waals surface area contributed by atoms with E-state index in [1.54, 1.807) is 6.92 Å². The Kier molecular flexibility index (Phi) is 6.78. The highest BCUT2D eigenvalue weighted by Gasteiger charge is 2.09. The van der Waals surface area contributed by atoms with Crippen molar-refractivity contribution < 1.29 is 19.4 Å². The van der Waals surface area contributed by atoms with E-state index >= 15 is 0 Å². The smallest absolute Gasteiger partial charge is 0.333 e. The first kappa shape index (κ1) is 18.7. The van der Waals surface area contributed by atoms with Gasteiger partial charge >= 0.3 is 5.97 Å². The second-order valence-corrected chi connectivity index (χ2v) is 5.93. The van der Waals surface area contributed by atoms with E-state index in [2.05, 4.69) is 37.8 Å². The van der Waals surface area contributed by atoms with E-state index in [9.17, 15) is 4.79 Å². The Bertz CT molecular complexity index is 732. The first-order valence-corrected chi connectivity index (χ1v) is 8.27. The van der Waals surface area contributed by atoms with Crippen molar-refractivity contribution in [3.63, 3.8) is 0 Å². The van der Waals surface area contributed by atoms with Crippen LogP contribution < -0.4 is 4.74 Å². The molecule has 0 bridgehead atoms. The molecule has 2 aromatic rings. The van der Waals surface area contributed by atoms with Gasteiger partial charge in [0.25, 0.3) is 0 Å². The molecule has 0 amide bonds. The minimum atomic E-state index is -0.396. The van der Waals surface area contributed by atoms with Gasteiger partial charge in [-0.25, -0.2) is 4.79 Å². The summed E-state index contributed by atoms with van der Waals surface area (Å²) in [5, 5.41) is 8.98. The average Bonchev–Trinajstić information content (AvgIpc) is 2.61. The van der Waals surface area contributed by atoms with E-state index < -0.39 is 5.97 Å². The fourth-order valence-corrected chi connectivity index (χ4v) is 2.37. The van der Waals surface area contributed by atoms with Gasteiger partial charge in [-0.05, 0) is 42.7 Å². The predicted molar refractivity (Wildman–Crippen MR) is 98.7 cm³/mol. The fourth-order valence-electron chi connectivity index (χ4n) is 2.37. The molecule has 4 heteroatoms. The van der Waals surface area contributed by atoms with Crippen LogP contribution in [0.3, 0.4) is 0 Å². The lowest BCUT2D eigenvalue weighted by Crippen LogP contribution is -2.10. The van der Waals surface area contributed by atoms with Gasteiger partial charge in [0.15, 0.2) is 0 Å². The van der Waals surface area contributed by atoms with E-state index in [0.717, 1.165) is 16.7 Å². The molecule has 0 aliphatic carbocycles. The molecule has 0 aliphatic heterocycles. The van der Waals surface area contributed by atoms with Crippen molar-refractivity contribution in [2.75, 3.05) is 19.8 Å². The summed E-state index contributed by atoms with van der Waals surface area (Å²) in [4.78, 5) is 11.5. The number of aliphatic hydroxyl groups excluding tert-OH is 1. The topological polar surface area (TPSA) is 55.8 Å². The second kappa shape index (κ2) is 9.04. The fraction of sp³-hybridized carbons (Fsp3) is 0.286. The zero-order chi connectivity index (χ0) is 18.2. The number of hydrogen-bond donors (Lipinski definition) is 1. The zero-order valence-electron chi connectivity index (χ0n) is 14.7. The molecule has 0 saturated carbocycles. The van der Waals surface area contributed by atoms with Crippen molar-refractivity contribution in [3.05, 3.63) is 65.7 Å². The Morgan fingerprint density at radius 1 is 1.08 bits per heavy atom. The Morgan fingerprint density at radius 2 is 1.76 bits per heavy atom. The Hall–Kier alpha value is -2.59. The van der Waals surface area contributed by atoms with Gasteiger partial charge in [0.05, 0.1) is 13.2 Å². The van der Waals surface area contributed by atoms with Crippen molar-refractivity contribution in [1.82, 2.24) is 0 Å². The Balaban J connectivity index is 2.19. The van der Waals surface area contributed by atoms with Gasteiger partial charge in [-0.15, -0.1) is 0 Å². The van der Waals surface area contributed by atoms with Crippen molar-refractivity contribution in [2.24, 2.45) is 0 Å². The standard InChI is InChI=1S/C21H24O4/c1-15(2)21(23)25-12-10-19-14-18(8-9-20(19)24-13-11-22)17-6-4-16(3)5-7-17/h4-9,14,22H,1,10-13H2,2-3H3. The van der Waals surface area contributed by atoms with Crippen LogP contribution in [0, 0.1) is 6.92 Å². The third-order valence-corrected chi connectivity index (χ3v) is 3.75. The molecule has 0 fully saturated rings. The normalized spacial score (nSPS) is 10.4. The van der Waals surface area contributed by atoms with Crippen LogP contribution in [0.1, 0.15) is 18.1 Å². The largest absolute Gasteiger partial charge is 0.491 e. The maximum Gasteiger partial charge on any atom is 0.333 e.